The van der Waals surface area contributed by atoms with Gasteiger partial charge in [-0.05, 0) is 24.6 Å². The van der Waals surface area contributed by atoms with Crippen molar-refractivity contribution in [2.45, 2.75) is 24.7 Å². The third kappa shape index (κ3) is 4.77. The van der Waals surface area contributed by atoms with Crippen molar-refractivity contribution in [2.75, 3.05) is 10.5 Å². The lowest BCUT2D eigenvalue weighted by atomic mass is 10.3. The van der Waals surface area contributed by atoms with Gasteiger partial charge >= 0.3 is 0 Å². The van der Waals surface area contributed by atoms with Gasteiger partial charge < -0.3 is 0 Å². The second-order valence-corrected chi connectivity index (χ2v) is 7.36. The summed E-state index contributed by atoms with van der Waals surface area (Å²) in [4.78, 5) is -0.359. The molecule has 1 aromatic rings. The van der Waals surface area contributed by atoms with E-state index >= 15 is 0 Å². The summed E-state index contributed by atoms with van der Waals surface area (Å²) >= 11 is 0. The molecule has 0 spiro atoms. The summed E-state index contributed by atoms with van der Waals surface area (Å²) in [7, 11) is -7.72. The monoisotopic (exact) mass is 310 g/mol. The number of hydrogen-bond acceptors (Lipinski definition) is 4. The summed E-state index contributed by atoms with van der Waals surface area (Å²) in [5, 5.41) is 4.89. The van der Waals surface area contributed by atoms with Crippen LogP contribution >= 0.6 is 0 Å². The van der Waals surface area contributed by atoms with Crippen LogP contribution in [0.3, 0.4) is 0 Å². The number of nitrogens with one attached hydrogen (secondary N) is 1. The molecule has 6 nitrogen and oxygen atoms in total. The minimum Gasteiger partial charge on any atom is -0.281 e. The summed E-state index contributed by atoms with van der Waals surface area (Å²) in [6, 6.07) is 2.67. The number of anilines is 1. The topological polar surface area (TPSA) is 106 Å². The molecule has 0 heterocycles. The standard InChI is InChI=1S/C10H15FN2O4S2/c1-2-3-6-18(14,15)13-10-7-8(19(12,16)17)4-5-9(10)11/h4-5,7,13H,2-3,6H2,1H3,(H2,12,16,17). The van der Waals surface area contributed by atoms with Crippen molar-refractivity contribution in [3.63, 3.8) is 0 Å². The molecule has 0 unspecified atom stereocenters. The number of sulfonamides is 2. The number of hydrogen-bond donors (Lipinski definition) is 2. The Morgan fingerprint density at radius 2 is 1.89 bits per heavy atom. The van der Waals surface area contributed by atoms with E-state index in [1.807, 2.05) is 11.6 Å². The third-order valence-electron chi connectivity index (χ3n) is 2.30. The van der Waals surface area contributed by atoms with Crippen molar-refractivity contribution in [2.24, 2.45) is 5.14 Å². The first-order chi connectivity index (χ1) is 8.65. The van der Waals surface area contributed by atoms with E-state index in [1.54, 1.807) is 0 Å². The lowest BCUT2D eigenvalue weighted by molar-refractivity contribution is 0.592. The number of primary sulfonamides is 1. The predicted molar refractivity (Wildman–Crippen MR) is 70.1 cm³/mol. The summed E-state index contributed by atoms with van der Waals surface area (Å²) < 4.78 is 60.9. The zero-order valence-corrected chi connectivity index (χ0v) is 11.9. The first kappa shape index (κ1) is 15.9. The van der Waals surface area contributed by atoms with Crippen LogP contribution in [0.2, 0.25) is 0 Å². The van der Waals surface area contributed by atoms with E-state index in [1.165, 1.54) is 0 Å². The summed E-state index contributed by atoms with van der Waals surface area (Å²) in [6.45, 7) is 1.82. The van der Waals surface area contributed by atoms with Crippen LogP contribution in [0.5, 0.6) is 0 Å². The van der Waals surface area contributed by atoms with Crippen LogP contribution in [0.15, 0.2) is 23.1 Å². The highest BCUT2D eigenvalue weighted by Crippen LogP contribution is 2.20. The van der Waals surface area contributed by atoms with E-state index in [4.69, 9.17) is 5.14 Å². The van der Waals surface area contributed by atoms with Crippen LogP contribution in [-0.2, 0) is 20.0 Å². The Morgan fingerprint density at radius 3 is 2.42 bits per heavy atom. The van der Waals surface area contributed by atoms with Crippen molar-refractivity contribution in [3.05, 3.63) is 24.0 Å². The van der Waals surface area contributed by atoms with Gasteiger partial charge in [0.05, 0.1) is 16.3 Å². The number of unbranched alkanes of at least 4 members (excludes halogenated alkanes) is 1. The molecule has 19 heavy (non-hydrogen) atoms. The van der Waals surface area contributed by atoms with E-state index in [-0.39, 0.29) is 10.6 Å². The summed E-state index contributed by atoms with van der Waals surface area (Å²) in [6.07, 6.45) is 1.09. The fourth-order valence-electron chi connectivity index (χ4n) is 1.31. The maximum absolute atomic E-state index is 13.4. The van der Waals surface area contributed by atoms with Crippen LogP contribution in [0, 0.1) is 5.82 Å². The minimum atomic E-state index is -4.02. The van der Waals surface area contributed by atoms with Gasteiger partial charge in [0.15, 0.2) is 0 Å². The highest BCUT2D eigenvalue weighted by atomic mass is 32.2. The van der Waals surface area contributed by atoms with E-state index in [0.29, 0.717) is 12.8 Å². The van der Waals surface area contributed by atoms with Crippen molar-refractivity contribution in [1.29, 1.82) is 0 Å². The van der Waals surface area contributed by atoms with Crippen LogP contribution < -0.4 is 9.86 Å². The van der Waals surface area contributed by atoms with Gasteiger partial charge in [-0.15, -0.1) is 0 Å². The van der Waals surface area contributed by atoms with Gasteiger partial charge in [-0.1, -0.05) is 13.3 Å². The Bertz CT molecular complexity index is 656. The Hall–Kier alpha value is -1.19. The summed E-state index contributed by atoms with van der Waals surface area (Å²) in [5.74, 6) is -1.03. The summed E-state index contributed by atoms with van der Waals surface area (Å²) in [5.41, 5.74) is -0.428. The van der Waals surface area contributed by atoms with E-state index in [0.717, 1.165) is 18.2 Å². The molecule has 1 aromatic carbocycles. The van der Waals surface area contributed by atoms with E-state index in [2.05, 4.69) is 0 Å². The van der Waals surface area contributed by atoms with Gasteiger partial charge in [0.2, 0.25) is 20.0 Å². The number of nitrogens with two attached hydrogens (primary N) is 1. The van der Waals surface area contributed by atoms with Crippen molar-refractivity contribution >= 4 is 25.7 Å². The lowest BCUT2D eigenvalue weighted by Gasteiger charge is -2.09. The van der Waals surface area contributed by atoms with Gasteiger partial charge in [-0.3, -0.25) is 4.72 Å². The van der Waals surface area contributed by atoms with Crippen molar-refractivity contribution in [1.82, 2.24) is 0 Å². The Labute approximate surface area is 111 Å². The highest BCUT2D eigenvalue weighted by Gasteiger charge is 2.16. The fourth-order valence-corrected chi connectivity index (χ4v) is 3.11. The molecule has 0 aliphatic rings. The van der Waals surface area contributed by atoms with Crippen LogP contribution in [-0.4, -0.2) is 22.6 Å². The Balaban J connectivity index is 3.08. The molecule has 0 saturated heterocycles. The maximum atomic E-state index is 13.4. The zero-order chi connectivity index (χ0) is 14.7. The molecule has 0 amide bonds. The van der Waals surface area contributed by atoms with Crippen LogP contribution in [0.1, 0.15) is 19.8 Å². The molecule has 0 saturated carbocycles. The molecular weight excluding hydrogens is 295 g/mol. The van der Waals surface area contributed by atoms with E-state index < -0.39 is 31.6 Å². The quantitative estimate of drug-likeness (QED) is 0.818. The number of halogens is 1. The molecule has 0 fully saturated rings. The Morgan fingerprint density at radius 1 is 1.26 bits per heavy atom. The molecule has 108 valence electrons. The second-order valence-electron chi connectivity index (χ2n) is 3.96. The highest BCUT2D eigenvalue weighted by molar-refractivity contribution is 7.92. The SMILES string of the molecule is CCCCS(=O)(=O)Nc1cc(S(N)(=O)=O)ccc1F. The van der Waals surface area contributed by atoms with Gasteiger partial charge in [-0.2, -0.15) is 0 Å². The molecule has 0 aliphatic heterocycles. The smallest absolute Gasteiger partial charge is 0.238 e. The normalized spacial score (nSPS) is 12.4. The molecular formula is C10H15FN2O4S2. The Kier molecular flexibility index (Phi) is 4.88. The molecule has 0 bridgehead atoms. The molecule has 1 rings (SSSR count). The molecule has 3 N–H and O–H groups in total. The van der Waals surface area contributed by atoms with Crippen molar-refractivity contribution < 1.29 is 21.2 Å². The van der Waals surface area contributed by atoms with Crippen LogP contribution in [0.25, 0.3) is 0 Å². The second kappa shape index (κ2) is 5.85. The maximum Gasteiger partial charge on any atom is 0.238 e. The number of benzene rings is 1. The molecule has 0 aliphatic carbocycles. The van der Waals surface area contributed by atoms with Gasteiger partial charge in [0.1, 0.15) is 5.82 Å². The van der Waals surface area contributed by atoms with Crippen LogP contribution in [0.4, 0.5) is 10.1 Å². The zero-order valence-electron chi connectivity index (χ0n) is 10.3. The fraction of sp³-hybridized carbons (Fsp3) is 0.400. The van der Waals surface area contributed by atoms with Gasteiger partial charge in [0.25, 0.3) is 0 Å². The molecule has 0 atom stereocenters. The third-order valence-corrected chi connectivity index (χ3v) is 4.57. The van der Waals surface area contributed by atoms with Gasteiger partial charge in [-0.25, -0.2) is 26.4 Å². The van der Waals surface area contributed by atoms with Gasteiger partial charge in [0, 0.05) is 0 Å². The molecule has 0 radical (unpaired) electrons. The lowest BCUT2D eigenvalue weighted by Crippen LogP contribution is -2.18. The first-order valence-electron chi connectivity index (χ1n) is 5.48. The average Bonchev–Trinajstić information content (AvgIpc) is 2.28. The van der Waals surface area contributed by atoms with E-state index in [9.17, 15) is 21.2 Å². The average molecular weight is 310 g/mol. The molecule has 0 aromatic heterocycles. The minimum absolute atomic E-state index is 0.164. The largest absolute Gasteiger partial charge is 0.281 e. The number of rotatable bonds is 6. The van der Waals surface area contributed by atoms with Crippen molar-refractivity contribution in [3.8, 4) is 0 Å². The molecule has 9 heteroatoms. The predicted octanol–water partition coefficient (Wildman–Crippen LogP) is 1.01. The first-order valence-corrected chi connectivity index (χ1v) is 8.68.